The summed E-state index contributed by atoms with van der Waals surface area (Å²) in [6.45, 7) is 2.14. The van der Waals surface area contributed by atoms with E-state index in [2.05, 4.69) is 4.90 Å². The molecule has 0 amide bonds. The molecule has 0 saturated carbocycles. The van der Waals surface area contributed by atoms with E-state index >= 15 is 0 Å². The van der Waals surface area contributed by atoms with Crippen molar-refractivity contribution in [3.8, 4) is 0 Å². The van der Waals surface area contributed by atoms with Gasteiger partial charge in [-0.15, -0.1) is 0 Å². The maximum atomic E-state index is 12.4. The Hall–Kier alpha value is -3.20. The molecule has 2 bridgehead atoms. The lowest BCUT2D eigenvalue weighted by molar-refractivity contribution is -0.158. The largest absolute Gasteiger partial charge is 0.478 e. The van der Waals surface area contributed by atoms with E-state index in [0.717, 1.165) is 12.8 Å². The molecule has 2 fully saturated rings. The van der Waals surface area contributed by atoms with Crippen LogP contribution in [0, 0.1) is 5.92 Å². The van der Waals surface area contributed by atoms with Gasteiger partial charge in [0, 0.05) is 30.7 Å². The second-order valence-electron chi connectivity index (χ2n) is 7.30. The number of hydrogen-bond acceptors (Lipinski definition) is 7. The van der Waals surface area contributed by atoms with Gasteiger partial charge in [0.25, 0.3) is 0 Å². The lowest BCUT2D eigenvalue weighted by atomic mass is 9.87. The van der Waals surface area contributed by atoms with Gasteiger partial charge in [-0.25, -0.2) is 14.4 Å². The Morgan fingerprint density at radius 1 is 1.06 bits per heavy atom. The summed E-state index contributed by atoms with van der Waals surface area (Å²) < 4.78 is 11.0. The Morgan fingerprint density at radius 2 is 1.68 bits per heavy atom. The molecule has 2 saturated heterocycles. The van der Waals surface area contributed by atoms with Crippen LogP contribution < -0.4 is 0 Å². The summed E-state index contributed by atoms with van der Waals surface area (Å²) in [4.78, 5) is 46.1. The molecule has 0 radical (unpaired) electrons. The van der Waals surface area contributed by atoms with E-state index in [1.165, 1.54) is 0 Å². The zero-order chi connectivity index (χ0) is 23.0. The van der Waals surface area contributed by atoms with Crippen molar-refractivity contribution in [2.75, 3.05) is 13.7 Å². The number of piperidine rings is 1. The van der Waals surface area contributed by atoms with Gasteiger partial charge < -0.3 is 19.7 Å². The normalized spacial score (nSPS) is 24.7. The van der Waals surface area contributed by atoms with E-state index in [1.54, 1.807) is 31.2 Å². The van der Waals surface area contributed by atoms with Gasteiger partial charge in [-0.05, 0) is 38.9 Å². The molecule has 2 aliphatic rings. The molecule has 4 atom stereocenters. The van der Waals surface area contributed by atoms with Gasteiger partial charge in [0.05, 0.1) is 12.2 Å². The molecule has 31 heavy (non-hydrogen) atoms. The number of nitrogens with zero attached hydrogens (tertiary/aromatic N) is 1. The summed E-state index contributed by atoms with van der Waals surface area (Å²) in [7, 11) is 2.05. The minimum absolute atomic E-state index is 0.0985. The number of hydrogen-bond donors (Lipinski definition) is 2. The third kappa shape index (κ3) is 6.65. The van der Waals surface area contributed by atoms with Gasteiger partial charge >= 0.3 is 23.9 Å². The van der Waals surface area contributed by atoms with E-state index in [4.69, 9.17) is 19.7 Å². The van der Waals surface area contributed by atoms with Crippen molar-refractivity contribution in [2.45, 2.75) is 44.4 Å². The molecule has 3 rings (SSSR count). The summed E-state index contributed by atoms with van der Waals surface area (Å²) in [6.07, 6.45) is 3.38. The van der Waals surface area contributed by atoms with Crippen LogP contribution in [0.5, 0.6) is 0 Å². The Kier molecular flexibility index (Phi) is 8.75. The van der Waals surface area contributed by atoms with Crippen molar-refractivity contribution in [3.05, 3.63) is 48.0 Å². The topological polar surface area (TPSA) is 130 Å². The van der Waals surface area contributed by atoms with Crippen LogP contribution in [0.1, 0.15) is 36.5 Å². The summed E-state index contributed by atoms with van der Waals surface area (Å²) in [6, 6.07) is 9.39. The van der Waals surface area contributed by atoms with Gasteiger partial charge in [-0.2, -0.15) is 0 Å². The van der Waals surface area contributed by atoms with Crippen molar-refractivity contribution in [1.82, 2.24) is 4.90 Å². The molecular weight excluding hydrogens is 406 g/mol. The number of carbonyl (C=O) groups excluding carboxylic acids is 2. The van der Waals surface area contributed by atoms with E-state index in [1.807, 2.05) is 13.1 Å². The molecule has 0 aromatic heterocycles. The van der Waals surface area contributed by atoms with Crippen LogP contribution in [0.3, 0.4) is 0 Å². The van der Waals surface area contributed by atoms with Crippen LogP contribution in [-0.2, 0) is 23.9 Å². The highest BCUT2D eigenvalue weighted by atomic mass is 16.6. The molecule has 1 aromatic carbocycles. The fraction of sp³-hybridized carbons (Fsp3) is 0.455. The molecule has 4 unspecified atom stereocenters. The maximum Gasteiger partial charge on any atom is 0.338 e. The van der Waals surface area contributed by atoms with Gasteiger partial charge in [-0.1, -0.05) is 18.2 Å². The Morgan fingerprint density at radius 3 is 2.23 bits per heavy atom. The van der Waals surface area contributed by atoms with Gasteiger partial charge in [0.15, 0.2) is 0 Å². The van der Waals surface area contributed by atoms with Crippen molar-refractivity contribution in [3.63, 3.8) is 0 Å². The van der Waals surface area contributed by atoms with Crippen LogP contribution in [0.25, 0.3) is 0 Å². The molecule has 168 valence electrons. The molecule has 2 N–H and O–H groups in total. The second-order valence-corrected chi connectivity index (χ2v) is 7.30. The first-order valence-corrected chi connectivity index (χ1v) is 10.0. The molecule has 1 aromatic rings. The lowest BCUT2D eigenvalue weighted by Crippen LogP contribution is -2.53. The van der Waals surface area contributed by atoms with E-state index in [0.29, 0.717) is 36.8 Å². The Bertz CT molecular complexity index is 806. The average molecular weight is 433 g/mol. The second kappa shape index (κ2) is 11.3. The monoisotopic (exact) mass is 433 g/mol. The zero-order valence-corrected chi connectivity index (χ0v) is 17.5. The molecule has 2 heterocycles. The molecule has 0 aliphatic carbocycles. The van der Waals surface area contributed by atoms with Crippen LogP contribution in [0.2, 0.25) is 0 Å². The molecule has 9 nitrogen and oxygen atoms in total. The average Bonchev–Trinajstić information content (AvgIpc) is 2.96. The van der Waals surface area contributed by atoms with Gasteiger partial charge in [0.2, 0.25) is 0 Å². The van der Waals surface area contributed by atoms with Crippen molar-refractivity contribution < 1.29 is 38.9 Å². The number of aliphatic carboxylic acids is 2. The molecule has 0 spiro atoms. The number of carboxylic acids is 2. The summed E-state index contributed by atoms with van der Waals surface area (Å²) >= 11 is 0. The van der Waals surface area contributed by atoms with E-state index < -0.39 is 24.0 Å². The van der Waals surface area contributed by atoms with Gasteiger partial charge in [-0.3, -0.25) is 9.69 Å². The van der Waals surface area contributed by atoms with Crippen molar-refractivity contribution in [1.29, 1.82) is 0 Å². The summed E-state index contributed by atoms with van der Waals surface area (Å²) in [5.41, 5.74) is 0.515. The summed E-state index contributed by atoms with van der Waals surface area (Å²) in [5, 5.41) is 15.6. The molecule has 9 heteroatoms. The fourth-order valence-electron chi connectivity index (χ4n) is 4.01. The predicted molar refractivity (Wildman–Crippen MR) is 109 cm³/mol. The SMILES string of the molecule is CCOC(=O)C1C(OC(=O)c2ccccc2)CC2CCC1N2C.O=C(O)/C=C/C(=O)O. The number of rotatable bonds is 6. The number of carbonyl (C=O) groups is 4. The third-order valence-electron chi connectivity index (χ3n) is 5.41. The highest BCUT2D eigenvalue weighted by Gasteiger charge is 2.51. The summed E-state index contributed by atoms with van der Waals surface area (Å²) in [5.74, 6) is -3.53. The first-order valence-electron chi connectivity index (χ1n) is 10.0. The quantitative estimate of drug-likeness (QED) is 0.511. The van der Waals surface area contributed by atoms with Crippen LogP contribution in [0.15, 0.2) is 42.5 Å². The van der Waals surface area contributed by atoms with Crippen LogP contribution in [0.4, 0.5) is 0 Å². The first kappa shape index (κ1) is 24.1. The third-order valence-corrected chi connectivity index (χ3v) is 5.41. The van der Waals surface area contributed by atoms with E-state index in [-0.39, 0.29) is 18.0 Å². The van der Waals surface area contributed by atoms with Crippen LogP contribution >= 0.6 is 0 Å². The van der Waals surface area contributed by atoms with E-state index in [9.17, 15) is 19.2 Å². The minimum atomic E-state index is -1.26. The number of carboxylic acid groups (broad SMARTS) is 2. The highest BCUT2D eigenvalue weighted by molar-refractivity contribution is 5.90. The fourth-order valence-corrected chi connectivity index (χ4v) is 4.01. The molecular formula is C22H27NO8. The number of fused-ring (bicyclic) bond motifs is 2. The number of ether oxygens (including phenoxy) is 2. The highest BCUT2D eigenvalue weighted by Crippen LogP contribution is 2.40. The van der Waals surface area contributed by atoms with Crippen molar-refractivity contribution in [2.24, 2.45) is 5.92 Å². The lowest BCUT2D eigenvalue weighted by Gasteiger charge is -2.40. The number of benzene rings is 1. The van der Waals surface area contributed by atoms with Crippen LogP contribution in [-0.4, -0.2) is 70.8 Å². The maximum absolute atomic E-state index is 12.4. The Labute approximate surface area is 180 Å². The Balaban J connectivity index is 0.000000366. The zero-order valence-electron chi connectivity index (χ0n) is 17.5. The van der Waals surface area contributed by atoms with Gasteiger partial charge in [0.1, 0.15) is 12.0 Å². The molecule has 2 aliphatic heterocycles. The first-order chi connectivity index (χ1) is 14.7. The predicted octanol–water partition coefficient (Wildman–Crippen LogP) is 1.97. The number of esters is 2. The van der Waals surface area contributed by atoms with Crippen molar-refractivity contribution >= 4 is 23.9 Å². The standard InChI is InChI=1S/C18H23NO4.C4H4O4/c1-3-22-18(21)16-14-10-9-13(19(14)2)11-15(16)23-17(20)12-7-5-4-6-8-12;5-3(6)1-2-4(7)8/h4-8,13-16H,3,9-11H2,1-2H3;1-2H,(H,5,6)(H,7,8)/b;2-1+. The minimum Gasteiger partial charge on any atom is -0.478 e. The smallest absolute Gasteiger partial charge is 0.338 e.